The lowest BCUT2D eigenvalue weighted by Gasteiger charge is -2.15. The summed E-state index contributed by atoms with van der Waals surface area (Å²) in [5.74, 6) is 2.77. The van der Waals surface area contributed by atoms with Crippen molar-refractivity contribution in [1.29, 1.82) is 0 Å². The first kappa shape index (κ1) is 37.2. The Kier molecular flexibility index (Phi) is 10.7. The Balaban J connectivity index is 0.983. The second-order valence-corrected chi connectivity index (χ2v) is 14.3. The van der Waals surface area contributed by atoms with E-state index in [1.54, 1.807) is 17.1 Å². The van der Waals surface area contributed by atoms with Gasteiger partial charge in [0.1, 0.15) is 41.3 Å². The van der Waals surface area contributed by atoms with E-state index in [4.69, 9.17) is 9.84 Å². The van der Waals surface area contributed by atoms with Crippen molar-refractivity contribution in [3.8, 4) is 11.4 Å². The molecule has 0 bridgehead atoms. The Morgan fingerprint density at radius 2 is 1.61 bits per heavy atom. The van der Waals surface area contributed by atoms with Gasteiger partial charge in [-0.3, -0.25) is 10.1 Å². The fourth-order valence-corrected chi connectivity index (χ4v) is 5.95. The molecule has 0 saturated carbocycles. The number of urea groups is 1. The number of fused-ring (bicyclic) bond motifs is 1. The summed E-state index contributed by atoms with van der Waals surface area (Å²) in [7, 11) is 0. The highest BCUT2D eigenvalue weighted by Crippen LogP contribution is 2.33. The van der Waals surface area contributed by atoms with Gasteiger partial charge in [0, 0.05) is 53.9 Å². The molecule has 4 heterocycles. The first-order valence-corrected chi connectivity index (χ1v) is 18.2. The van der Waals surface area contributed by atoms with Gasteiger partial charge in [0.05, 0.1) is 29.5 Å². The first-order valence-electron chi connectivity index (χ1n) is 18.2. The average molecular weight is 750 g/mol. The molecule has 0 aliphatic rings. The van der Waals surface area contributed by atoms with E-state index in [1.165, 1.54) is 12.4 Å². The van der Waals surface area contributed by atoms with E-state index in [-0.39, 0.29) is 23.6 Å². The van der Waals surface area contributed by atoms with Crippen molar-refractivity contribution in [2.75, 3.05) is 22.5 Å². The molecule has 7 aromatic rings. The second kappa shape index (κ2) is 16.1. The van der Waals surface area contributed by atoms with Gasteiger partial charge in [0.15, 0.2) is 0 Å². The van der Waals surface area contributed by atoms with Crippen LogP contribution >= 0.6 is 0 Å². The van der Waals surface area contributed by atoms with Crippen molar-refractivity contribution in [2.45, 2.75) is 53.2 Å². The molecule has 0 radical (unpaired) electrons. The molecule has 4 N–H and O–H groups in total. The molecule has 3 amide bonds. The molecule has 0 spiro atoms. The zero-order valence-electron chi connectivity index (χ0n) is 31.9. The largest absolute Gasteiger partial charge is 0.488 e. The summed E-state index contributed by atoms with van der Waals surface area (Å²) < 4.78 is 10.0. The van der Waals surface area contributed by atoms with Crippen LogP contribution in [0.15, 0.2) is 110 Å². The van der Waals surface area contributed by atoms with E-state index < -0.39 is 6.03 Å². The molecular weight excluding hydrogens is 707 g/mol. The highest BCUT2D eigenvalue weighted by molar-refractivity contribution is 6.07. The smallest absolute Gasteiger partial charge is 0.324 e. The van der Waals surface area contributed by atoms with Crippen LogP contribution in [-0.2, 0) is 18.6 Å². The maximum Gasteiger partial charge on any atom is 0.324 e. The number of aromatic nitrogens is 7. The van der Waals surface area contributed by atoms with Gasteiger partial charge < -0.3 is 25.3 Å². The predicted octanol–water partition coefficient (Wildman–Crippen LogP) is 7.72. The molecule has 0 aliphatic carbocycles. The summed E-state index contributed by atoms with van der Waals surface area (Å²) in [4.78, 5) is 43.2. The Labute approximate surface area is 324 Å². The molecule has 284 valence electrons. The number of nitrogens with zero attached hydrogens (tertiary/aromatic N) is 7. The van der Waals surface area contributed by atoms with Crippen LogP contribution < -0.4 is 26.0 Å². The zero-order chi connectivity index (χ0) is 39.2. The van der Waals surface area contributed by atoms with E-state index in [2.05, 4.69) is 62.0 Å². The summed E-state index contributed by atoms with van der Waals surface area (Å²) in [6.45, 7) is 11.5. The number of rotatable bonds is 12. The van der Waals surface area contributed by atoms with E-state index in [0.29, 0.717) is 42.0 Å². The third kappa shape index (κ3) is 8.81. The summed E-state index contributed by atoms with van der Waals surface area (Å²) in [5.41, 5.74) is 4.33. The number of hydrogen-bond acceptors (Lipinski definition) is 9. The van der Waals surface area contributed by atoms with E-state index in [1.807, 2.05) is 103 Å². The molecule has 0 fully saturated rings. The topological polar surface area (TPSA) is 166 Å². The number of ether oxygens (including phenoxy) is 1. The van der Waals surface area contributed by atoms with Crippen LogP contribution in [0.3, 0.4) is 0 Å². The van der Waals surface area contributed by atoms with Crippen molar-refractivity contribution in [2.24, 2.45) is 0 Å². The monoisotopic (exact) mass is 749 g/mol. The van der Waals surface area contributed by atoms with Crippen molar-refractivity contribution < 1.29 is 14.3 Å². The number of imidazole rings is 1. The molecule has 0 unspecified atom stereocenters. The molecular formula is C42H43N11O3. The van der Waals surface area contributed by atoms with Gasteiger partial charge in [-0.1, -0.05) is 62.7 Å². The number of benzene rings is 3. The van der Waals surface area contributed by atoms with E-state index in [0.717, 1.165) is 39.1 Å². The quantitative estimate of drug-likeness (QED) is 0.0979. The number of amides is 3. The number of anilines is 4. The van der Waals surface area contributed by atoms with Gasteiger partial charge in [-0.05, 0) is 55.8 Å². The molecule has 56 heavy (non-hydrogen) atoms. The van der Waals surface area contributed by atoms with Gasteiger partial charge in [-0.15, -0.1) is 0 Å². The molecule has 0 atom stereocenters. The normalized spacial score (nSPS) is 11.3. The summed E-state index contributed by atoms with van der Waals surface area (Å²) in [6.07, 6.45) is 8.18. The lowest BCUT2D eigenvalue weighted by Crippen LogP contribution is -2.28. The lowest BCUT2D eigenvalue weighted by atomic mass is 9.92. The first-order chi connectivity index (χ1) is 27.0. The minimum Gasteiger partial charge on any atom is -0.488 e. The third-order valence-electron chi connectivity index (χ3n) is 9.05. The number of nitrogens with one attached hydrogen (secondary N) is 4. The maximum absolute atomic E-state index is 13.5. The molecule has 3 aromatic carbocycles. The van der Waals surface area contributed by atoms with Crippen LogP contribution in [-0.4, -0.2) is 52.8 Å². The Morgan fingerprint density at radius 3 is 2.34 bits per heavy atom. The Bertz CT molecular complexity index is 2480. The average Bonchev–Trinajstić information content (AvgIpc) is 3.81. The third-order valence-corrected chi connectivity index (χ3v) is 9.05. The van der Waals surface area contributed by atoms with Crippen LogP contribution in [0.5, 0.6) is 5.75 Å². The van der Waals surface area contributed by atoms with Crippen LogP contribution in [0.2, 0.25) is 0 Å². The van der Waals surface area contributed by atoms with E-state index in [9.17, 15) is 9.59 Å². The van der Waals surface area contributed by atoms with Gasteiger partial charge in [0.25, 0.3) is 5.91 Å². The minimum absolute atomic E-state index is 0.211. The van der Waals surface area contributed by atoms with Crippen molar-refractivity contribution >= 4 is 45.9 Å². The number of hydrogen-bond donors (Lipinski definition) is 4. The molecule has 14 nitrogen and oxygen atoms in total. The predicted molar refractivity (Wildman–Crippen MR) is 217 cm³/mol. The van der Waals surface area contributed by atoms with Crippen LogP contribution in [0.25, 0.3) is 16.5 Å². The maximum atomic E-state index is 13.5. The lowest BCUT2D eigenvalue weighted by molar-refractivity contribution is 0.0947. The molecule has 0 aliphatic heterocycles. The highest BCUT2D eigenvalue weighted by Gasteiger charge is 2.22. The molecule has 7 rings (SSSR count). The molecule has 14 heteroatoms. The van der Waals surface area contributed by atoms with Crippen molar-refractivity contribution in [3.05, 3.63) is 138 Å². The number of carbonyl (C=O) groups excluding carboxylic acids is 2. The Morgan fingerprint density at radius 1 is 0.804 bits per heavy atom. The summed E-state index contributed by atoms with van der Waals surface area (Å²) in [5, 5.41) is 18.5. The minimum atomic E-state index is -0.395. The van der Waals surface area contributed by atoms with Crippen molar-refractivity contribution in [3.63, 3.8) is 0 Å². The SMILES string of the molecule is Cc1ccc(-n2nc(C(C)(C)C)cc2NC(=O)Nc2ccc(OCc3ccnc(Nc4cnc(C(=O)NCCn5ccnc5C)cn4)c3)c3ccccc23)cc1. The van der Waals surface area contributed by atoms with Gasteiger partial charge in [-0.25, -0.2) is 29.4 Å². The van der Waals surface area contributed by atoms with Crippen molar-refractivity contribution in [1.82, 2.24) is 39.6 Å². The zero-order valence-corrected chi connectivity index (χ0v) is 31.9. The summed E-state index contributed by atoms with van der Waals surface area (Å²) >= 11 is 0. The number of pyridine rings is 1. The molecule has 4 aromatic heterocycles. The number of aryl methyl sites for hydroxylation is 2. The van der Waals surface area contributed by atoms with Gasteiger partial charge in [0.2, 0.25) is 0 Å². The van der Waals surface area contributed by atoms with Crippen LogP contribution in [0.4, 0.5) is 27.9 Å². The standard InChI is InChI=1S/C42H43N11O3/c1-27-10-12-30(13-11-27)53-39(23-36(51-53)42(3,4)5)50-41(55)48-33-14-15-35(32-9-7-6-8-31(32)33)56-26-29-16-17-44-37(22-29)49-38-25-46-34(24-47-38)40(54)45-19-21-52-20-18-43-28(52)2/h6-18,20,22-25H,19,21,26H2,1-5H3,(H,45,54)(H,44,47,49)(H2,48,50,55). The van der Waals surface area contributed by atoms with Crippen LogP contribution in [0.1, 0.15) is 53.9 Å². The molecule has 0 saturated heterocycles. The Hall–Kier alpha value is -7.09. The highest BCUT2D eigenvalue weighted by atomic mass is 16.5. The van der Waals surface area contributed by atoms with Gasteiger partial charge in [-0.2, -0.15) is 5.10 Å². The van der Waals surface area contributed by atoms with Gasteiger partial charge >= 0.3 is 6.03 Å². The second-order valence-electron chi connectivity index (χ2n) is 14.3. The fraction of sp³-hybridized carbons (Fsp3) is 0.214. The number of carbonyl (C=O) groups is 2. The van der Waals surface area contributed by atoms with Crippen LogP contribution in [0, 0.1) is 13.8 Å². The fourth-order valence-electron chi connectivity index (χ4n) is 5.95. The summed E-state index contributed by atoms with van der Waals surface area (Å²) in [6, 6.07) is 24.7. The van der Waals surface area contributed by atoms with E-state index >= 15 is 0 Å².